The zero-order valence-corrected chi connectivity index (χ0v) is 14.9. The zero-order valence-electron chi connectivity index (χ0n) is 14.9. The number of para-hydroxylation sites is 2. The Morgan fingerprint density at radius 3 is 2.85 bits per heavy atom. The third-order valence-corrected chi connectivity index (χ3v) is 3.92. The second-order valence-electron chi connectivity index (χ2n) is 5.98. The van der Waals surface area contributed by atoms with Gasteiger partial charge in [0.15, 0.2) is 0 Å². The lowest BCUT2D eigenvalue weighted by Crippen LogP contribution is -2.12. The van der Waals surface area contributed by atoms with Gasteiger partial charge in [0.05, 0.1) is 12.8 Å². The van der Waals surface area contributed by atoms with Crippen molar-refractivity contribution in [3.63, 3.8) is 0 Å². The smallest absolute Gasteiger partial charge is 0.226 e. The van der Waals surface area contributed by atoms with Crippen LogP contribution < -0.4 is 10.1 Å². The van der Waals surface area contributed by atoms with Gasteiger partial charge in [-0.05, 0) is 31.5 Å². The number of benzene rings is 2. The van der Waals surface area contributed by atoms with Crippen molar-refractivity contribution in [1.29, 1.82) is 0 Å². The van der Waals surface area contributed by atoms with E-state index in [1.165, 1.54) is 0 Å². The summed E-state index contributed by atoms with van der Waals surface area (Å²) in [7, 11) is 1.58. The summed E-state index contributed by atoms with van der Waals surface area (Å²) >= 11 is 0. The molecule has 0 bridgehead atoms. The lowest BCUT2D eigenvalue weighted by atomic mass is 10.1. The molecule has 0 fully saturated rings. The molecule has 0 aliphatic carbocycles. The van der Waals surface area contributed by atoms with Crippen LogP contribution in [0.4, 0.5) is 5.69 Å². The van der Waals surface area contributed by atoms with Crippen LogP contribution in [-0.2, 0) is 11.2 Å². The molecule has 134 valence electrons. The molecule has 2 aromatic carbocycles. The molecule has 0 spiro atoms. The lowest BCUT2D eigenvalue weighted by molar-refractivity contribution is -0.116. The Balaban J connectivity index is 1.51. The highest BCUT2D eigenvalue weighted by Gasteiger charge is 2.11. The molecule has 26 heavy (non-hydrogen) atoms. The number of ether oxygens (including phenoxy) is 1. The Morgan fingerprint density at radius 1 is 1.19 bits per heavy atom. The summed E-state index contributed by atoms with van der Waals surface area (Å²) in [5.74, 6) is 1.67. The second kappa shape index (κ2) is 8.29. The molecule has 0 aliphatic rings. The van der Waals surface area contributed by atoms with Gasteiger partial charge in [-0.3, -0.25) is 4.79 Å². The normalized spacial score (nSPS) is 10.5. The zero-order chi connectivity index (χ0) is 18.4. The Hall–Kier alpha value is -3.15. The molecule has 0 atom stereocenters. The maximum absolute atomic E-state index is 12.1. The number of carbonyl (C=O) groups excluding carboxylic acids is 1. The van der Waals surface area contributed by atoms with E-state index in [4.69, 9.17) is 9.26 Å². The monoisotopic (exact) mass is 351 g/mol. The van der Waals surface area contributed by atoms with E-state index in [-0.39, 0.29) is 5.91 Å². The van der Waals surface area contributed by atoms with Crippen LogP contribution in [0, 0.1) is 6.92 Å². The van der Waals surface area contributed by atoms with E-state index < -0.39 is 0 Å². The number of rotatable bonds is 7. The van der Waals surface area contributed by atoms with Crippen molar-refractivity contribution in [1.82, 2.24) is 10.1 Å². The van der Waals surface area contributed by atoms with Gasteiger partial charge < -0.3 is 14.6 Å². The number of methoxy groups -OCH3 is 1. The quantitative estimate of drug-likeness (QED) is 0.696. The first-order chi connectivity index (χ1) is 12.7. The largest absolute Gasteiger partial charge is 0.495 e. The van der Waals surface area contributed by atoms with Crippen LogP contribution in [0.1, 0.15) is 24.3 Å². The van der Waals surface area contributed by atoms with Gasteiger partial charge in [0.1, 0.15) is 5.75 Å². The van der Waals surface area contributed by atoms with E-state index in [0.717, 1.165) is 11.1 Å². The fraction of sp³-hybridized carbons (Fsp3) is 0.250. The molecule has 1 aromatic heterocycles. The van der Waals surface area contributed by atoms with Gasteiger partial charge >= 0.3 is 0 Å². The van der Waals surface area contributed by atoms with Crippen LogP contribution in [0.5, 0.6) is 5.75 Å². The van der Waals surface area contributed by atoms with E-state index in [0.29, 0.717) is 42.4 Å². The van der Waals surface area contributed by atoms with Crippen molar-refractivity contribution in [2.75, 3.05) is 12.4 Å². The van der Waals surface area contributed by atoms with E-state index in [9.17, 15) is 4.79 Å². The minimum Gasteiger partial charge on any atom is -0.495 e. The highest BCUT2D eigenvalue weighted by Crippen LogP contribution is 2.23. The maximum Gasteiger partial charge on any atom is 0.226 e. The van der Waals surface area contributed by atoms with Gasteiger partial charge in [0.2, 0.25) is 17.6 Å². The number of aromatic nitrogens is 2. The van der Waals surface area contributed by atoms with Crippen molar-refractivity contribution in [3.8, 4) is 17.1 Å². The Labute approximate surface area is 152 Å². The summed E-state index contributed by atoms with van der Waals surface area (Å²) in [5.41, 5.74) is 2.73. The summed E-state index contributed by atoms with van der Waals surface area (Å²) in [6.07, 6.45) is 1.54. The van der Waals surface area contributed by atoms with E-state index in [2.05, 4.69) is 15.5 Å². The van der Waals surface area contributed by atoms with E-state index in [1.807, 2.05) is 49.4 Å². The summed E-state index contributed by atoms with van der Waals surface area (Å²) in [6.45, 7) is 2.02. The first-order valence-electron chi connectivity index (χ1n) is 8.48. The number of hydrogen-bond donors (Lipinski definition) is 1. The standard InChI is InChI=1S/C20H21N3O3/c1-14-7-5-8-15(13-14)20-22-19(26-23-20)12-6-11-18(24)21-16-9-3-4-10-17(16)25-2/h3-5,7-10,13H,6,11-12H2,1-2H3,(H,21,24). The third-order valence-electron chi connectivity index (χ3n) is 3.92. The molecule has 6 nitrogen and oxygen atoms in total. The van der Waals surface area contributed by atoms with Crippen molar-refractivity contribution >= 4 is 11.6 Å². The molecular weight excluding hydrogens is 330 g/mol. The van der Waals surface area contributed by atoms with Crippen LogP contribution >= 0.6 is 0 Å². The van der Waals surface area contributed by atoms with Crippen LogP contribution in [0.2, 0.25) is 0 Å². The fourth-order valence-corrected chi connectivity index (χ4v) is 2.62. The highest BCUT2D eigenvalue weighted by molar-refractivity contribution is 5.92. The van der Waals surface area contributed by atoms with Gasteiger partial charge in [-0.1, -0.05) is 41.1 Å². The van der Waals surface area contributed by atoms with E-state index >= 15 is 0 Å². The van der Waals surface area contributed by atoms with Crippen LogP contribution in [-0.4, -0.2) is 23.2 Å². The number of nitrogens with one attached hydrogen (secondary N) is 1. The summed E-state index contributed by atoms with van der Waals surface area (Å²) in [6, 6.07) is 15.3. The number of amides is 1. The van der Waals surface area contributed by atoms with Crippen LogP contribution in [0.15, 0.2) is 53.1 Å². The molecule has 1 heterocycles. The van der Waals surface area contributed by atoms with Crippen molar-refractivity contribution < 1.29 is 14.1 Å². The molecular formula is C20H21N3O3. The van der Waals surface area contributed by atoms with Gasteiger partial charge in [-0.2, -0.15) is 4.98 Å². The van der Waals surface area contributed by atoms with Crippen LogP contribution in [0.25, 0.3) is 11.4 Å². The molecule has 0 aliphatic heterocycles. The molecule has 3 aromatic rings. The minimum absolute atomic E-state index is 0.0760. The molecule has 0 saturated heterocycles. The third kappa shape index (κ3) is 4.47. The average molecular weight is 351 g/mol. The average Bonchev–Trinajstić information content (AvgIpc) is 3.11. The summed E-state index contributed by atoms with van der Waals surface area (Å²) in [4.78, 5) is 16.5. The van der Waals surface area contributed by atoms with Crippen LogP contribution in [0.3, 0.4) is 0 Å². The molecule has 0 radical (unpaired) electrons. The molecule has 0 saturated carbocycles. The number of aryl methyl sites for hydroxylation is 2. The maximum atomic E-state index is 12.1. The predicted octanol–water partition coefficient (Wildman–Crippen LogP) is 4.02. The van der Waals surface area contributed by atoms with Gasteiger partial charge in [-0.15, -0.1) is 0 Å². The fourth-order valence-electron chi connectivity index (χ4n) is 2.62. The van der Waals surface area contributed by atoms with Gasteiger partial charge in [0, 0.05) is 18.4 Å². The second-order valence-corrected chi connectivity index (χ2v) is 5.98. The van der Waals surface area contributed by atoms with Crippen molar-refractivity contribution in [2.24, 2.45) is 0 Å². The predicted molar refractivity (Wildman–Crippen MR) is 99.0 cm³/mol. The number of nitrogens with zero attached hydrogens (tertiary/aromatic N) is 2. The lowest BCUT2D eigenvalue weighted by Gasteiger charge is -2.09. The Kier molecular flexibility index (Phi) is 5.63. The molecule has 1 N–H and O–H groups in total. The SMILES string of the molecule is COc1ccccc1NC(=O)CCCc1nc(-c2cccc(C)c2)no1. The number of anilines is 1. The van der Waals surface area contributed by atoms with E-state index in [1.54, 1.807) is 13.2 Å². The summed E-state index contributed by atoms with van der Waals surface area (Å²) < 4.78 is 10.5. The molecule has 1 amide bonds. The van der Waals surface area contributed by atoms with Crippen molar-refractivity contribution in [2.45, 2.75) is 26.2 Å². The van der Waals surface area contributed by atoms with Crippen molar-refractivity contribution in [3.05, 3.63) is 60.0 Å². The Bertz CT molecular complexity index is 889. The number of hydrogen-bond acceptors (Lipinski definition) is 5. The molecule has 6 heteroatoms. The number of carbonyl (C=O) groups is 1. The highest BCUT2D eigenvalue weighted by atomic mass is 16.5. The van der Waals surface area contributed by atoms with Gasteiger partial charge in [0.25, 0.3) is 0 Å². The molecule has 0 unspecified atom stereocenters. The minimum atomic E-state index is -0.0760. The van der Waals surface area contributed by atoms with Gasteiger partial charge in [-0.25, -0.2) is 0 Å². The first-order valence-corrected chi connectivity index (χ1v) is 8.48. The topological polar surface area (TPSA) is 77.2 Å². The summed E-state index contributed by atoms with van der Waals surface area (Å²) in [5, 5.41) is 6.87. The first kappa shape index (κ1) is 17.7. The molecule has 3 rings (SSSR count). The Morgan fingerprint density at radius 2 is 2.04 bits per heavy atom.